The second-order valence-corrected chi connectivity index (χ2v) is 6.40. The lowest BCUT2D eigenvalue weighted by Gasteiger charge is -2.10. The van der Waals surface area contributed by atoms with Gasteiger partial charge in [0.05, 0.1) is 15.6 Å². The predicted octanol–water partition coefficient (Wildman–Crippen LogP) is 3.33. The number of ether oxygens (including phenoxy) is 1. The Morgan fingerprint density at radius 1 is 1.26 bits per heavy atom. The van der Waals surface area contributed by atoms with Crippen molar-refractivity contribution in [2.45, 2.75) is 6.92 Å². The number of halogens is 2. The van der Waals surface area contributed by atoms with Gasteiger partial charge in [-0.3, -0.25) is 9.59 Å². The summed E-state index contributed by atoms with van der Waals surface area (Å²) in [4.78, 5) is 42.6. The highest BCUT2D eigenvalue weighted by Crippen LogP contribution is 2.28. The van der Waals surface area contributed by atoms with Crippen LogP contribution in [0.25, 0.3) is 10.9 Å². The first kappa shape index (κ1) is 18.9. The SMILES string of the molecule is Cc1c(Cl)cnc(NC(=O)COC(=O)c2cc(=O)[nH]c3ccccc23)c1Cl. The Labute approximate surface area is 163 Å². The van der Waals surface area contributed by atoms with E-state index in [0.29, 0.717) is 21.5 Å². The molecular formula is C18H13Cl2N3O4. The molecular weight excluding hydrogens is 393 g/mol. The van der Waals surface area contributed by atoms with Gasteiger partial charge in [0.25, 0.3) is 5.91 Å². The summed E-state index contributed by atoms with van der Waals surface area (Å²) in [5, 5.41) is 3.53. The molecule has 0 atom stereocenters. The van der Waals surface area contributed by atoms with Crippen molar-refractivity contribution in [3.63, 3.8) is 0 Å². The summed E-state index contributed by atoms with van der Waals surface area (Å²) in [5.74, 6) is -1.31. The maximum absolute atomic E-state index is 12.3. The van der Waals surface area contributed by atoms with E-state index < -0.39 is 24.0 Å². The van der Waals surface area contributed by atoms with E-state index in [1.54, 1.807) is 31.2 Å². The zero-order valence-corrected chi connectivity index (χ0v) is 15.5. The van der Waals surface area contributed by atoms with Crippen molar-refractivity contribution >= 4 is 51.8 Å². The van der Waals surface area contributed by atoms with Gasteiger partial charge in [-0.15, -0.1) is 0 Å². The van der Waals surface area contributed by atoms with Gasteiger partial charge in [0.1, 0.15) is 0 Å². The van der Waals surface area contributed by atoms with Crippen molar-refractivity contribution < 1.29 is 14.3 Å². The molecule has 27 heavy (non-hydrogen) atoms. The van der Waals surface area contributed by atoms with E-state index >= 15 is 0 Å². The summed E-state index contributed by atoms with van der Waals surface area (Å²) in [6, 6.07) is 7.91. The lowest BCUT2D eigenvalue weighted by atomic mass is 10.1. The third-order valence-corrected chi connectivity index (χ3v) is 4.61. The molecule has 0 aliphatic carbocycles. The summed E-state index contributed by atoms with van der Waals surface area (Å²) >= 11 is 12.0. The molecule has 0 bridgehead atoms. The predicted molar refractivity (Wildman–Crippen MR) is 102 cm³/mol. The number of benzene rings is 1. The van der Waals surface area contributed by atoms with Gasteiger partial charge < -0.3 is 15.0 Å². The topological polar surface area (TPSA) is 101 Å². The van der Waals surface area contributed by atoms with E-state index in [-0.39, 0.29) is 16.4 Å². The summed E-state index contributed by atoms with van der Waals surface area (Å²) in [7, 11) is 0. The molecule has 0 spiro atoms. The molecule has 1 aromatic carbocycles. The molecule has 2 heterocycles. The fraction of sp³-hybridized carbons (Fsp3) is 0.111. The number of H-pyrrole nitrogens is 1. The second-order valence-electron chi connectivity index (χ2n) is 5.61. The Bertz CT molecular complexity index is 1110. The number of aromatic amines is 1. The van der Waals surface area contributed by atoms with E-state index in [1.165, 1.54) is 6.20 Å². The highest BCUT2D eigenvalue weighted by Gasteiger charge is 2.16. The monoisotopic (exact) mass is 405 g/mol. The molecule has 0 radical (unpaired) electrons. The molecule has 2 aromatic heterocycles. The first-order valence-electron chi connectivity index (χ1n) is 7.76. The van der Waals surface area contributed by atoms with Crippen LogP contribution in [0.1, 0.15) is 15.9 Å². The van der Waals surface area contributed by atoms with Crippen molar-refractivity contribution in [1.29, 1.82) is 0 Å². The van der Waals surface area contributed by atoms with Gasteiger partial charge in [-0.2, -0.15) is 0 Å². The summed E-state index contributed by atoms with van der Waals surface area (Å²) in [6.45, 7) is 1.11. The number of aromatic nitrogens is 2. The number of para-hydroxylation sites is 1. The Morgan fingerprint density at radius 3 is 2.78 bits per heavy atom. The van der Waals surface area contributed by atoms with Gasteiger partial charge in [0.15, 0.2) is 12.4 Å². The van der Waals surface area contributed by atoms with Crippen molar-refractivity contribution in [3.05, 3.63) is 68.1 Å². The molecule has 1 amide bonds. The molecule has 7 nitrogen and oxygen atoms in total. The van der Waals surface area contributed by atoms with Gasteiger partial charge in [0, 0.05) is 23.2 Å². The number of carbonyl (C=O) groups is 2. The first-order valence-corrected chi connectivity index (χ1v) is 8.52. The maximum Gasteiger partial charge on any atom is 0.339 e. The van der Waals surface area contributed by atoms with Crippen molar-refractivity contribution in [1.82, 2.24) is 9.97 Å². The minimum absolute atomic E-state index is 0.0700. The van der Waals surface area contributed by atoms with Crippen LogP contribution in [-0.4, -0.2) is 28.5 Å². The molecule has 138 valence electrons. The summed E-state index contributed by atoms with van der Waals surface area (Å²) in [6.07, 6.45) is 1.35. The molecule has 0 saturated heterocycles. The highest BCUT2D eigenvalue weighted by atomic mass is 35.5. The Balaban J connectivity index is 1.72. The number of anilines is 1. The maximum atomic E-state index is 12.3. The minimum atomic E-state index is -0.793. The number of pyridine rings is 2. The van der Waals surface area contributed by atoms with E-state index in [9.17, 15) is 14.4 Å². The molecule has 0 saturated carbocycles. The van der Waals surface area contributed by atoms with Crippen LogP contribution in [-0.2, 0) is 9.53 Å². The Kier molecular flexibility index (Phi) is 5.43. The molecule has 3 aromatic rings. The van der Waals surface area contributed by atoms with Crippen LogP contribution < -0.4 is 10.9 Å². The number of nitrogens with zero attached hydrogens (tertiary/aromatic N) is 1. The fourth-order valence-electron chi connectivity index (χ4n) is 2.39. The second kappa shape index (κ2) is 7.77. The number of amides is 1. The number of rotatable bonds is 4. The number of esters is 1. The first-order chi connectivity index (χ1) is 12.9. The zero-order valence-electron chi connectivity index (χ0n) is 14.0. The van der Waals surface area contributed by atoms with Crippen LogP contribution in [0, 0.1) is 6.92 Å². The average Bonchev–Trinajstić information content (AvgIpc) is 2.66. The third-order valence-electron chi connectivity index (χ3n) is 3.77. The molecule has 0 aliphatic heterocycles. The van der Waals surface area contributed by atoms with E-state index in [2.05, 4.69) is 15.3 Å². The molecule has 0 unspecified atom stereocenters. The van der Waals surface area contributed by atoms with Gasteiger partial charge in [-0.1, -0.05) is 41.4 Å². The Hall–Kier alpha value is -2.90. The van der Waals surface area contributed by atoms with Gasteiger partial charge >= 0.3 is 5.97 Å². The smallest absolute Gasteiger partial charge is 0.339 e. The molecule has 2 N–H and O–H groups in total. The molecule has 0 fully saturated rings. The highest BCUT2D eigenvalue weighted by molar-refractivity contribution is 6.37. The van der Waals surface area contributed by atoms with Crippen LogP contribution in [0.2, 0.25) is 10.0 Å². The summed E-state index contributed by atoms with van der Waals surface area (Å²) in [5.41, 5.74) is 0.683. The van der Waals surface area contributed by atoms with E-state index in [0.717, 1.165) is 6.07 Å². The lowest BCUT2D eigenvalue weighted by molar-refractivity contribution is -0.119. The quantitative estimate of drug-likeness (QED) is 0.648. The number of hydrogen-bond acceptors (Lipinski definition) is 5. The summed E-state index contributed by atoms with van der Waals surface area (Å²) < 4.78 is 5.02. The lowest BCUT2D eigenvalue weighted by Crippen LogP contribution is -2.22. The molecule has 9 heteroatoms. The fourth-order valence-corrected chi connectivity index (χ4v) is 2.78. The average molecular weight is 406 g/mol. The van der Waals surface area contributed by atoms with Crippen LogP contribution in [0.4, 0.5) is 5.82 Å². The van der Waals surface area contributed by atoms with Crippen LogP contribution in [0.5, 0.6) is 0 Å². The third kappa shape index (κ3) is 4.10. The number of nitrogens with one attached hydrogen (secondary N) is 2. The van der Waals surface area contributed by atoms with E-state index in [4.69, 9.17) is 27.9 Å². The normalized spacial score (nSPS) is 10.6. The van der Waals surface area contributed by atoms with Gasteiger partial charge in [-0.25, -0.2) is 9.78 Å². The standard InChI is InChI=1S/C18H13Cl2N3O4/c1-9-12(19)7-21-17(16(9)20)23-15(25)8-27-18(26)11-6-14(24)22-13-5-3-2-4-10(11)13/h2-7H,8H2,1H3,(H,22,24)(H,21,23,25). The van der Waals surface area contributed by atoms with Crippen molar-refractivity contribution in [2.75, 3.05) is 11.9 Å². The zero-order chi connectivity index (χ0) is 19.6. The van der Waals surface area contributed by atoms with Crippen LogP contribution in [0.15, 0.2) is 41.3 Å². The minimum Gasteiger partial charge on any atom is -0.452 e. The van der Waals surface area contributed by atoms with Gasteiger partial charge in [0.2, 0.25) is 5.56 Å². The van der Waals surface area contributed by atoms with Crippen molar-refractivity contribution in [3.8, 4) is 0 Å². The van der Waals surface area contributed by atoms with Crippen molar-refractivity contribution in [2.24, 2.45) is 0 Å². The largest absolute Gasteiger partial charge is 0.452 e. The van der Waals surface area contributed by atoms with Crippen LogP contribution >= 0.6 is 23.2 Å². The number of carbonyl (C=O) groups excluding carboxylic acids is 2. The van der Waals surface area contributed by atoms with E-state index in [1.807, 2.05) is 0 Å². The molecule has 0 aliphatic rings. The number of hydrogen-bond donors (Lipinski definition) is 2. The van der Waals surface area contributed by atoms with Gasteiger partial charge in [-0.05, 0) is 18.6 Å². The number of fused-ring (bicyclic) bond motifs is 1. The Morgan fingerprint density at radius 2 is 2.00 bits per heavy atom. The molecule has 3 rings (SSSR count). The van der Waals surface area contributed by atoms with Crippen LogP contribution in [0.3, 0.4) is 0 Å².